The Morgan fingerprint density at radius 2 is 2.08 bits per heavy atom. The Kier molecular flexibility index (Phi) is 5.22. The van der Waals surface area contributed by atoms with E-state index < -0.39 is 0 Å². The van der Waals surface area contributed by atoms with Gasteiger partial charge in [-0.25, -0.2) is 10.4 Å². The smallest absolute Gasteiger partial charge is 0.290 e. The molecule has 0 aliphatic carbocycles. The lowest BCUT2D eigenvalue weighted by molar-refractivity contribution is 0.0948. The molecule has 0 spiro atoms. The van der Waals surface area contributed by atoms with Gasteiger partial charge in [-0.1, -0.05) is 0 Å². The third kappa shape index (κ3) is 3.55. The van der Waals surface area contributed by atoms with Crippen molar-refractivity contribution in [2.24, 2.45) is 5.10 Å². The number of nitrogens with one attached hydrogen (secondary N) is 1. The molecule has 0 saturated carbocycles. The summed E-state index contributed by atoms with van der Waals surface area (Å²) in [6, 6.07) is 9.04. The first-order chi connectivity index (χ1) is 12.5. The van der Waals surface area contributed by atoms with Crippen molar-refractivity contribution >= 4 is 33.7 Å². The van der Waals surface area contributed by atoms with Crippen LogP contribution in [0.1, 0.15) is 21.7 Å². The molecule has 7 nitrogen and oxygen atoms in total. The molecule has 0 aliphatic heterocycles. The lowest BCUT2D eigenvalue weighted by Gasteiger charge is -2.07. The van der Waals surface area contributed by atoms with Gasteiger partial charge in [-0.2, -0.15) is 5.10 Å². The van der Waals surface area contributed by atoms with Crippen LogP contribution in [-0.4, -0.2) is 35.7 Å². The van der Waals surface area contributed by atoms with E-state index in [1.165, 1.54) is 6.21 Å². The number of hydrazone groups is 1. The summed E-state index contributed by atoms with van der Waals surface area (Å²) in [6.07, 6.45) is 3.31. The van der Waals surface area contributed by atoms with E-state index in [1.807, 2.05) is 12.1 Å². The highest BCUT2D eigenvalue weighted by Gasteiger charge is 2.16. The van der Waals surface area contributed by atoms with Gasteiger partial charge < -0.3 is 9.47 Å². The summed E-state index contributed by atoms with van der Waals surface area (Å²) >= 11 is 3.40. The highest BCUT2D eigenvalue weighted by molar-refractivity contribution is 9.10. The molecular formula is C18H17BrN4O3. The van der Waals surface area contributed by atoms with E-state index in [1.54, 1.807) is 49.9 Å². The summed E-state index contributed by atoms with van der Waals surface area (Å²) in [4.78, 5) is 16.9. The fraction of sp³-hybridized carbons (Fsp3) is 0.167. The molecule has 3 aromatic rings. The number of rotatable bonds is 5. The molecular weight excluding hydrogens is 400 g/mol. The Labute approximate surface area is 158 Å². The number of aryl methyl sites for hydroxylation is 1. The number of methoxy groups -OCH3 is 2. The number of fused-ring (bicyclic) bond motifs is 1. The number of benzene rings is 1. The lowest BCUT2D eigenvalue weighted by atomic mass is 10.2. The van der Waals surface area contributed by atoms with Gasteiger partial charge in [-0.3, -0.25) is 9.20 Å². The maximum atomic E-state index is 12.5. The average molecular weight is 417 g/mol. The molecule has 0 bridgehead atoms. The number of aromatic nitrogens is 2. The number of pyridine rings is 1. The van der Waals surface area contributed by atoms with Crippen molar-refractivity contribution in [1.29, 1.82) is 0 Å². The average Bonchev–Trinajstić information content (AvgIpc) is 2.96. The molecule has 134 valence electrons. The predicted molar refractivity (Wildman–Crippen MR) is 102 cm³/mol. The maximum Gasteiger partial charge on any atom is 0.290 e. The molecule has 0 aliphatic rings. The van der Waals surface area contributed by atoms with Gasteiger partial charge in [0, 0.05) is 22.3 Å². The highest BCUT2D eigenvalue weighted by atomic mass is 79.9. The molecule has 26 heavy (non-hydrogen) atoms. The van der Waals surface area contributed by atoms with Crippen LogP contribution in [0.25, 0.3) is 5.65 Å². The SMILES string of the molecule is COc1ccc(/C=N/NC(=O)c2c(C)nc3ccc(Br)cn23)c(OC)c1. The Morgan fingerprint density at radius 3 is 2.81 bits per heavy atom. The standard InChI is InChI=1S/C18H17BrN4O3/c1-11-17(23-10-13(19)5-7-16(23)21-11)18(24)22-20-9-12-4-6-14(25-2)8-15(12)26-3/h4-10H,1-3H3,(H,22,24)/b20-9+. The normalized spacial score (nSPS) is 11.1. The van der Waals surface area contributed by atoms with Crippen molar-refractivity contribution in [2.45, 2.75) is 6.92 Å². The Balaban J connectivity index is 1.82. The van der Waals surface area contributed by atoms with Crippen molar-refractivity contribution in [3.63, 3.8) is 0 Å². The number of hydrogen-bond acceptors (Lipinski definition) is 5. The molecule has 0 saturated heterocycles. The zero-order valence-corrected chi connectivity index (χ0v) is 16.1. The van der Waals surface area contributed by atoms with E-state index in [2.05, 4.69) is 31.4 Å². The number of amides is 1. The first-order valence-electron chi connectivity index (χ1n) is 7.73. The Morgan fingerprint density at radius 1 is 1.27 bits per heavy atom. The fourth-order valence-electron chi connectivity index (χ4n) is 2.55. The topological polar surface area (TPSA) is 77.2 Å². The van der Waals surface area contributed by atoms with Gasteiger partial charge in [0.1, 0.15) is 22.8 Å². The van der Waals surface area contributed by atoms with Gasteiger partial charge in [0.2, 0.25) is 0 Å². The predicted octanol–water partition coefficient (Wildman–Crippen LogP) is 3.19. The van der Waals surface area contributed by atoms with Gasteiger partial charge in [-0.05, 0) is 47.1 Å². The Hall–Kier alpha value is -2.87. The summed E-state index contributed by atoms with van der Waals surface area (Å²) in [5, 5.41) is 4.03. The van der Waals surface area contributed by atoms with Crippen LogP contribution >= 0.6 is 15.9 Å². The molecule has 8 heteroatoms. The first-order valence-corrected chi connectivity index (χ1v) is 8.52. The molecule has 3 rings (SSSR count). The molecule has 1 N–H and O–H groups in total. The summed E-state index contributed by atoms with van der Waals surface area (Å²) in [6.45, 7) is 1.78. The zero-order valence-electron chi connectivity index (χ0n) is 14.5. The van der Waals surface area contributed by atoms with Crippen molar-refractivity contribution in [3.05, 3.63) is 58.0 Å². The van der Waals surface area contributed by atoms with Crippen molar-refractivity contribution < 1.29 is 14.3 Å². The van der Waals surface area contributed by atoms with E-state index in [0.717, 1.165) is 4.47 Å². The summed E-state index contributed by atoms with van der Waals surface area (Å²) in [5.41, 5.74) is 4.99. The minimum Gasteiger partial charge on any atom is -0.497 e. The molecule has 0 unspecified atom stereocenters. The molecule has 2 aromatic heterocycles. The van der Waals surface area contributed by atoms with Gasteiger partial charge in [0.25, 0.3) is 5.91 Å². The maximum absolute atomic E-state index is 12.5. The zero-order chi connectivity index (χ0) is 18.7. The van der Waals surface area contributed by atoms with Gasteiger partial charge in [0.15, 0.2) is 0 Å². The van der Waals surface area contributed by atoms with E-state index in [-0.39, 0.29) is 5.91 Å². The molecule has 0 fully saturated rings. The first kappa shape index (κ1) is 17.9. The van der Waals surface area contributed by atoms with Crippen LogP contribution in [0.5, 0.6) is 11.5 Å². The summed E-state index contributed by atoms with van der Waals surface area (Å²) in [5.74, 6) is 0.920. The Bertz CT molecular complexity index is 998. The monoisotopic (exact) mass is 416 g/mol. The van der Waals surface area contributed by atoms with Crippen LogP contribution in [0, 0.1) is 6.92 Å². The second-order valence-electron chi connectivity index (χ2n) is 5.43. The molecule has 2 heterocycles. The summed E-state index contributed by atoms with van der Waals surface area (Å²) < 4.78 is 13.0. The van der Waals surface area contributed by atoms with Crippen LogP contribution in [0.2, 0.25) is 0 Å². The third-order valence-electron chi connectivity index (χ3n) is 3.78. The quantitative estimate of drug-likeness (QED) is 0.511. The number of carbonyl (C=O) groups is 1. The number of halogens is 1. The van der Waals surface area contributed by atoms with Gasteiger partial charge in [-0.15, -0.1) is 0 Å². The van der Waals surface area contributed by atoms with Crippen molar-refractivity contribution in [2.75, 3.05) is 14.2 Å². The van der Waals surface area contributed by atoms with Crippen molar-refractivity contribution in [1.82, 2.24) is 14.8 Å². The van der Waals surface area contributed by atoms with Crippen LogP contribution in [-0.2, 0) is 0 Å². The lowest BCUT2D eigenvalue weighted by Crippen LogP contribution is -2.20. The number of ether oxygens (including phenoxy) is 2. The van der Waals surface area contributed by atoms with E-state index in [9.17, 15) is 4.79 Å². The number of hydrogen-bond donors (Lipinski definition) is 1. The minimum absolute atomic E-state index is 0.350. The van der Waals surface area contributed by atoms with Crippen LogP contribution in [0.3, 0.4) is 0 Å². The molecule has 0 atom stereocenters. The third-order valence-corrected chi connectivity index (χ3v) is 4.25. The van der Waals surface area contributed by atoms with Gasteiger partial charge in [0.05, 0.1) is 26.1 Å². The minimum atomic E-state index is -0.350. The van der Waals surface area contributed by atoms with E-state index in [4.69, 9.17) is 9.47 Å². The largest absolute Gasteiger partial charge is 0.497 e. The number of carbonyl (C=O) groups excluding carboxylic acids is 1. The van der Waals surface area contributed by atoms with Crippen molar-refractivity contribution in [3.8, 4) is 11.5 Å². The molecule has 1 aromatic carbocycles. The summed E-state index contributed by atoms with van der Waals surface area (Å²) in [7, 11) is 3.14. The second kappa shape index (κ2) is 7.57. The van der Waals surface area contributed by atoms with Crippen LogP contribution in [0.15, 0.2) is 46.1 Å². The molecule has 0 radical (unpaired) electrons. The number of imidazole rings is 1. The fourth-order valence-corrected chi connectivity index (χ4v) is 2.89. The number of nitrogens with zero attached hydrogens (tertiary/aromatic N) is 3. The van der Waals surface area contributed by atoms with E-state index >= 15 is 0 Å². The molecule has 1 amide bonds. The van der Waals surface area contributed by atoms with Gasteiger partial charge >= 0.3 is 0 Å². The van der Waals surface area contributed by atoms with E-state index in [0.29, 0.717) is 34.1 Å². The second-order valence-corrected chi connectivity index (χ2v) is 6.34. The van der Waals surface area contributed by atoms with Crippen LogP contribution < -0.4 is 14.9 Å². The van der Waals surface area contributed by atoms with Crippen LogP contribution in [0.4, 0.5) is 0 Å². The highest BCUT2D eigenvalue weighted by Crippen LogP contribution is 2.23.